The quantitative estimate of drug-likeness (QED) is 0.153. The molecule has 1 atom stereocenters. The first-order valence-corrected chi connectivity index (χ1v) is 15.4. The summed E-state index contributed by atoms with van der Waals surface area (Å²) >= 11 is 3.42. The topological polar surface area (TPSA) is 110 Å². The van der Waals surface area contributed by atoms with Crippen LogP contribution in [0.15, 0.2) is 89.5 Å². The van der Waals surface area contributed by atoms with E-state index in [1.807, 2.05) is 58.9 Å². The number of halogens is 4. The summed E-state index contributed by atoms with van der Waals surface area (Å²) in [5, 5.41) is 16.9. The van der Waals surface area contributed by atoms with Crippen LogP contribution in [0.2, 0.25) is 0 Å². The maximum atomic E-state index is 13.2. The molecular weight excluding hydrogens is 667 g/mol. The molecule has 46 heavy (non-hydrogen) atoms. The lowest BCUT2D eigenvalue weighted by Crippen LogP contribution is -2.47. The fraction of sp³-hybridized carbons (Fsp3) is 0.303. The van der Waals surface area contributed by atoms with Crippen molar-refractivity contribution in [1.82, 2.24) is 15.1 Å². The third-order valence-corrected chi connectivity index (χ3v) is 6.44. The largest absolute Gasteiger partial charge is 0.416 e. The zero-order valence-electron chi connectivity index (χ0n) is 26.8. The minimum Gasteiger partial charge on any atom is -0.341 e. The molecule has 4 aromatic rings. The van der Waals surface area contributed by atoms with E-state index in [2.05, 4.69) is 26.3 Å². The highest BCUT2D eigenvalue weighted by molar-refractivity contribution is 9.10. The van der Waals surface area contributed by atoms with Crippen LogP contribution in [-0.4, -0.2) is 39.1 Å². The summed E-state index contributed by atoms with van der Waals surface area (Å²) in [5.41, 5.74) is 0.513. The van der Waals surface area contributed by atoms with Gasteiger partial charge in [-0.2, -0.15) is 18.3 Å². The Kier molecular flexibility index (Phi) is 16.4. The second-order valence-electron chi connectivity index (χ2n) is 8.99. The van der Waals surface area contributed by atoms with Crippen molar-refractivity contribution < 1.29 is 27.7 Å². The zero-order valence-corrected chi connectivity index (χ0v) is 28.4. The van der Waals surface area contributed by atoms with Gasteiger partial charge >= 0.3 is 6.18 Å². The van der Waals surface area contributed by atoms with E-state index in [0.717, 1.165) is 33.9 Å². The Bertz CT molecular complexity index is 1560. The van der Waals surface area contributed by atoms with Gasteiger partial charge in [0.15, 0.2) is 0 Å². The predicted octanol–water partition coefficient (Wildman–Crippen LogP) is 8.78. The van der Waals surface area contributed by atoms with Gasteiger partial charge in [-0.15, -0.1) is 0 Å². The van der Waals surface area contributed by atoms with Crippen molar-refractivity contribution in [3.05, 3.63) is 116 Å². The number of hydrogen-bond acceptors (Lipinski definition) is 5. The molecule has 0 aliphatic heterocycles. The molecule has 0 radical (unpaired) electrons. The summed E-state index contributed by atoms with van der Waals surface area (Å²) in [6, 6.07) is 18.4. The number of hydrogen-bond donors (Lipinski definition) is 1. The van der Waals surface area contributed by atoms with E-state index in [1.165, 1.54) is 30.0 Å². The summed E-state index contributed by atoms with van der Waals surface area (Å²) < 4.78 is 41.4. The number of para-hydroxylation sites is 1. The lowest BCUT2D eigenvalue weighted by atomic mass is 10.1. The molecule has 3 aromatic carbocycles. The highest BCUT2D eigenvalue weighted by Gasteiger charge is 2.32. The van der Waals surface area contributed by atoms with Crippen LogP contribution in [-0.2, 0) is 11.0 Å². The van der Waals surface area contributed by atoms with Gasteiger partial charge in [0.2, 0.25) is 5.91 Å². The molecule has 9 nitrogen and oxygen atoms in total. The van der Waals surface area contributed by atoms with E-state index in [-0.39, 0.29) is 11.3 Å². The maximum absolute atomic E-state index is 13.2. The molecule has 0 saturated carbocycles. The van der Waals surface area contributed by atoms with Crippen molar-refractivity contribution in [2.75, 3.05) is 11.4 Å². The van der Waals surface area contributed by atoms with Gasteiger partial charge < -0.3 is 5.32 Å². The lowest BCUT2D eigenvalue weighted by molar-refractivity contribution is -0.384. The van der Waals surface area contributed by atoms with Crippen LogP contribution >= 0.6 is 15.9 Å². The van der Waals surface area contributed by atoms with Crippen molar-refractivity contribution in [3.8, 4) is 5.69 Å². The normalized spacial score (nSPS) is 10.8. The molecule has 0 aliphatic rings. The summed E-state index contributed by atoms with van der Waals surface area (Å²) in [4.78, 5) is 36.9. The number of non-ortho nitro benzene ring substituents is 1. The minimum absolute atomic E-state index is 0.137. The number of nitrogens with one attached hydrogen (secondary N) is 1. The standard InChI is InChI=1S/C23H22BrF3N4O2.C6H5NO2.2C2H6/c1-4-30(21-14(2)13-28-31(21)19-10-6-9-18(24)12-19)22(33)15(3)29-20(32)16-7-5-8-17(11-16)23(25,26)27;8-7(9)6-4-2-1-3-5-6;2*1-2/h5-13,15H,4H2,1-3H3,(H,29,32);1-5H;2*1-2H3. The molecule has 1 aromatic heterocycles. The van der Waals surface area contributed by atoms with E-state index >= 15 is 0 Å². The minimum atomic E-state index is -4.57. The number of aryl methyl sites for hydroxylation is 1. The Morgan fingerprint density at radius 2 is 1.61 bits per heavy atom. The second kappa shape index (κ2) is 19.1. The molecule has 0 saturated heterocycles. The van der Waals surface area contributed by atoms with E-state index in [0.29, 0.717) is 12.4 Å². The number of rotatable bonds is 7. The van der Waals surface area contributed by atoms with E-state index < -0.39 is 34.5 Å². The van der Waals surface area contributed by atoms with Gasteiger partial charge in [-0.05, 0) is 57.2 Å². The van der Waals surface area contributed by atoms with Gasteiger partial charge in [-0.3, -0.25) is 24.6 Å². The van der Waals surface area contributed by atoms with Crippen LogP contribution in [0.1, 0.15) is 63.0 Å². The van der Waals surface area contributed by atoms with Gasteiger partial charge in [0, 0.05) is 34.3 Å². The van der Waals surface area contributed by atoms with Crippen LogP contribution in [0.3, 0.4) is 0 Å². The number of aromatic nitrogens is 2. The van der Waals surface area contributed by atoms with Crippen molar-refractivity contribution in [3.63, 3.8) is 0 Å². The molecule has 13 heteroatoms. The maximum Gasteiger partial charge on any atom is 0.416 e. The third-order valence-electron chi connectivity index (χ3n) is 5.95. The predicted molar refractivity (Wildman–Crippen MR) is 178 cm³/mol. The monoisotopic (exact) mass is 705 g/mol. The average molecular weight is 707 g/mol. The number of likely N-dealkylation sites (N-methyl/N-ethyl adjacent to an activating group) is 1. The zero-order chi connectivity index (χ0) is 35.0. The number of amides is 2. The summed E-state index contributed by atoms with van der Waals surface area (Å²) in [6.07, 6.45) is -2.93. The van der Waals surface area contributed by atoms with Crippen molar-refractivity contribution >= 4 is 39.2 Å². The fourth-order valence-corrected chi connectivity index (χ4v) is 4.31. The Morgan fingerprint density at radius 3 is 2.13 bits per heavy atom. The van der Waals surface area contributed by atoms with Crippen LogP contribution in [0.25, 0.3) is 5.69 Å². The number of benzene rings is 3. The lowest BCUT2D eigenvalue weighted by Gasteiger charge is -2.26. The number of carbonyl (C=O) groups excluding carboxylic acids is 2. The number of anilines is 1. The molecule has 0 aliphatic carbocycles. The van der Waals surface area contributed by atoms with Crippen LogP contribution in [0, 0.1) is 17.0 Å². The Hall–Kier alpha value is -4.52. The first-order valence-electron chi connectivity index (χ1n) is 14.6. The summed E-state index contributed by atoms with van der Waals surface area (Å²) in [7, 11) is 0. The Labute approximate surface area is 275 Å². The molecular formula is C33H39BrF3N5O4. The number of alkyl halides is 3. The Balaban J connectivity index is 0.000000686. The fourth-order valence-electron chi connectivity index (χ4n) is 3.92. The van der Waals surface area contributed by atoms with E-state index in [9.17, 15) is 32.9 Å². The van der Waals surface area contributed by atoms with Gasteiger partial charge in [0.25, 0.3) is 11.6 Å². The van der Waals surface area contributed by atoms with Gasteiger partial charge in [0.05, 0.1) is 22.4 Å². The van der Waals surface area contributed by atoms with Crippen molar-refractivity contribution in [1.29, 1.82) is 0 Å². The van der Waals surface area contributed by atoms with Gasteiger partial charge in [-0.25, -0.2) is 4.68 Å². The highest BCUT2D eigenvalue weighted by Crippen LogP contribution is 2.30. The number of nitro benzene ring substituents is 1. The van der Waals surface area contributed by atoms with Crippen LogP contribution in [0.4, 0.5) is 24.7 Å². The highest BCUT2D eigenvalue weighted by atomic mass is 79.9. The number of nitro groups is 1. The number of carbonyl (C=O) groups is 2. The SMILES string of the molecule is CC.CC.CCN(C(=O)C(C)NC(=O)c1cccc(C(F)(F)F)c1)c1c(C)cnn1-c1cccc(Br)c1.O=[N+]([O-])c1ccccc1. The molecule has 0 fully saturated rings. The first kappa shape index (κ1) is 39.5. The van der Waals surface area contributed by atoms with Crippen LogP contribution in [0.5, 0.6) is 0 Å². The molecule has 1 heterocycles. The molecule has 248 valence electrons. The molecule has 0 spiro atoms. The summed E-state index contributed by atoms with van der Waals surface area (Å²) in [5.74, 6) is -0.645. The second-order valence-corrected chi connectivity index (χ2v) is 9.91. The molecule has 0 bridgehead atoms. The molecule has 4 rings (SSSR count). The van der Waals surface area contributed by atoms with Crippen molar-refractivity contribution in [2.45, 2.75) is 60.7 Å². The first-order chi connectivity index (χ1) is 21.8. The van der Waals surface area contributed by atoms with E-state index in [4.69, 9.17) is 0 Å². The average Bonchev–Trinajstić information content (AvgIpc) is 3.44. The third kappa shape index (κ3) is 11.1. The van der Waals surface area contributed by atoms with Crippen molar-refractivity contribution in [2.24, 2.45) is 0 Å². The molecule has 1 N–H and O–H groups in total. The molecule has 1 unspecified atom stereocenters. The molecule has 2 amide bonds. The van der Waals surface area contributed by atoms with E-state index in [1.54, 1.807) is 36.0 Å². The van der Waals surface area contributed by atoms with Gasteiger partial charge in [-0.1, -0.05) is 74.0 Å². The number of nitrogens with zero attached hydrogens (tertiary/aromatic N) is 4. The van der Waals surface area contributed by atoms with Gasteiger partial charge in [0.1, 0.15) is 11.9 Å². The Morgan fingerprint density at radius 1 is 1.00 bits per heavy atom. The summed E-state index contributed by atoms with van der Waals surface area (Å²) in [6.45, 7) is 13.4. The van der Waals surface area contributed by atoms with Crippen LogP contribution < -0.4 is 10.2 Å². The smallest absolute Gasteiger partial charge is 0.341 e.